The highest BCUT2D eigenvalue weighted by molar-refractivity contribution is 7.17. The Kier molecular flexibility index (Phi) is 5.48. The first-order chi connectivity index (χ1) is 15.7. The molecule has 0 spiro atoms. The number of hydrogen-bond donors (Lipinski definition) is 2. The van der Waals surface area contributed by atoms with Crippen LogP contribution in [0.15, 0.2) is 90.6 Å². The number of aromatic nitrogens is 1. The van der Waals surface area contributed by atoms with Gasteiger partial charge in [0.2, 0.25) is 0 Å². The molecule has 5 rings (SSSR count). The van der Waals surface area contributed by atoms with Crippen molar-refractivity contribution in [2.45, 2.75) is 6.42 Å². The molecule has 0 saturated carbocycles. The van der Waals surface area contributed by atoms with Gasteiger partial charge in [0.1, 0.15) is 11.5 Å². The molecule has 0 aliphatic rings. The Morgan fingerprint density at radius 3 is 2.59 bits per heavy atom. The van der Waals surface area contributed by atoms with Crippen molar-refractivity contribution in [1.29, 1.82) is 0 Å². The molecule has 0 atom stereocenters. The summed E-state index contributed by atoms with van der Waals surface area (Å²) in [5.74, 6) is 1.08. The second-order valence-corrected chi connectivity index (χ2v) is 8.50. The van der Waals surface area contributed by atoms with Gasteiger partial charge in [-0.25, -0.2) is 0 Å². The number of pyridine rings is 1. The molecule has 2 aromatic heterocycles. The van der Waals surface area contributed by atoms with Gasteiger partial charge < -0.3 is 15.2 Å². The predicted molar refractivity (Wildman–Crippen MR) is 132 cm³/mol. The molecule has 5 heteroatoms. The third-order valence-corrected chi connectivity index (χ3v) is 6.38. The summed E-state index contributed by atoms with van der Waals surface area (Å²) >= 11 is 1.72. The summed E-state index contributed by atoms with van der Waals surface area (Å²) in [6.07, 6.45) is 4.11. The highest BCUT2D eigenvalue weighted by Gasteiger charge is 2.16. The lowest BCUT2D eigenvalue weighted by Crippen LogP contribution is -1.98. The molecular weight excluding hydrogens is 416 g/mol. The first-order valence-corrected chi connectivity index (χ1v) is 11.2. The van der Waals surface area contributed by atoms with Gasteiger partial charge in [-0.15, -0.1) is 11.3 Å². The summed E-state index contributed by atoms with van der Waals surface area (Å²) in [7, 11) is 1.66. The van der Waals surface area contributed by atoms with E-state index in [1.165, 1.54) is 10.1 Å². The van der Waals surface area contributed by atoms with Crippen LogP contribution in [-0.4, -0.2) is 17.2 Å². The number of thiophene rings is 1. The molecule has 2 N–H and O–H groups in total. The number of anilines is 2. The van der Waals surface area contributed by atoms with Crippen LogP contribution in [0, 0.1) is 0 Å². The van der Waals surface area contributed by atoms with Gasteiger partial charge in [0.25, 0.3) is 0 Å². The largest absolute Gasteiger partial charge is 0.508 e. The van der Waals surface area contributed by atoms with Gasteiger partial charge in [0.05, 0.1) is 19.0 Å². The monoisotopic (exact) mass is 438 g/mol. The van der Waals surface area contributed by atoms with Crippen LogP contribution in [0.25, 0.3) is 21.2 Å². The van der Waals surface area contributed by atoms with Crippen LogP contribution in [0.1, 0.15) is 11.1 Å². The number of benzene rings is 3. The molecule has 0 saturated heterocycles. The van der Waals surface area contributed by atoms with E-state index in [9.17, 15) is 5.11 Å². The number of rotatable bonds is 6. The van der Waals surface area contributed by atoms with Crippen LogP contribution < -0.4 is 10.1 Å². The molecule has 0 bridgehead atoms. The zero-order chi connectivity index (χ0) is 21.9. The normalized spacial score (nSPS) is 10.9. The minimum Gasteiger partial charge on any atom is -0.508 e. The number of nitrogens with zero attached hydrogens (tertiary/aromatic N) is 1. The number of nitrogens with one attached hydrogen (secondary N) is 1. The molecule has 2 heterocycles. The van der Waals surface area contributed by atoms with E-state index in [0.717, 1.165) is 39.4 Å². The second kappa shape index (κ2) is 8.73. The average molecular weight is 439 g/mol. The topological polar surface area (TPSA) is 54.4 Å². The Morgan fingerprint density at radius 1 is 0.938 bits per heavy atom. The number of phenols is 1. The van der Waals surface area contributed by atoms with Crippen molar-refractivity contribution >= 4 is 32.8 Å². The fraction of sp³-hybridized carbons (Fsp3) is 0.0741. The minimum absolute atomic E-state index is 0.261. The summed E-state index contributed by atoms with van der Waals surface area (Å²) in [6, 6.07) is 24.2. The van der Waals surface area contributed by atoms with Gasteiger partial charge in [-0.3, -0.25) is 4.98 Å². The van der Waals surface area contributed by atoms with Crippen molar-refractivity contribution in [3.63, 3.8) is 0 Å². The first kappa shape index (κ1) is 20.1. The van der Waals surface area contributed by atoms with E-state index >= 15 is 0 Å². The first-order valence-electron chi connectivity index (χ1n) is 10.3. The third-order valence-electron chi connectivity index (χ3n) is 5.50. The number of ether oxygens (including phenoxy) is 1. The summed E-state index contributed by atoms with van der Waals surface area (Å²) < 4.78 is 6.51. The summed E-state index contributed by atoms with van der Waals surface area (Å²) in [5.41, 5.74) is 5.80. The van der Waals surface area contributed by atoms with E-state index in [0.29, 0.717) is 6.42 Å². The van der Waals surface area contributed by atoms with Crippen LogP contribution in [0.2, 0.25) is 0 Å². The molecule has 0 radical (unpaired) electrons. The Morgan fingerprint density at radius 2 is 1.81 bits per heavy atom. The Bertz CT molecular complexity index is 1360. The van der Waals surface area contributed by atoms with Gasteiger partial charge in [0.15, 0.2) is 0 Å². The molecule has 3 aromatic carbocycles. The van der Waals surface area contributed by atoms with Crippen molar-refractivity contribution in [3.8, 4) is 22.6 Å². The molecule has 5 aromatic rings. The van der Waals surface area contributed by atoms with Gasteiger partial charge in [0, 0.05) is 40.0 Å². The molecule has 158 valence electrons. The Balaban J connectivity index is 1.63. The Hall–Kier alpha value is -3.83. The lowest BCUT2D eigenvalue weighted by molar-refractivity contribution is 0.414. The maximum atomic E-state index is 11.1. The number of fused-ring (bicyclic) bond motifs is 1. The fourth-order valence-corrected chi connectivity index (χ4v) is 4.75. The van der Waals surface area contributed by atoms with E-state index in [1.807, 2.05) is 36.4 Å². The lowest BCUT2D eigenvalue weighted by Gasteiger charge is -2.17. The lowest BCUT2D eigenvalue weighted by atomic mass is 9.92. The van der Waals surface area contributed by atoms with Crippen LogP contribution in [0.4, 0.5) is 11.4 Å². The van der Waals surface area contributed by atoms with Crippen LogP contribution in [-0.2, 0) is 6.42 Å². The van der Waals surface area contributed by atoms with E-state index in [-0.39, 0.29) is 5.75 Å². The van der Waals surface area contributed by atoms with Crippen LogP contribution >= 0.6 is 11.3 Å². The SMILES string of the molecule is COc1ccc(Cc2c(O)cc(Nc3cccnc3)cc2-c2cccc3sccc23)cc1. The number of hydrogen-bond acceptors (Lipinski definition) is 5. The van der Waals surface area contributed by atoms with Gasteiger partial charge >= 0.3 is 0 Å². The summed E-state index contributed by atoms with van der Waals surface area (Å²) in [6.45, 7) is 0. The molecule has 32 heavy (non-hydrogen) atoms. The van der Waals surface area contributed by atoms with Crippen LogP contribution in [0.3, 0.4) is 0 Å². The quantitative estimate of drug-likeness (QED) is 0.299. The van der Waals surface area contributed by atoms with Crippen LogP contribution in [0.5, 0.6) is 11.5 Å². The molecule has 0 amide bonds. The molecule has 0 unspecified atom stereocenters. The molecular formula is C27H22N2O2S. The van der Waals surface area contributed by atoms with E-state index in [2.05, 4.69) is 46.0 Å². The fourth-order valence-electron chi connectivity index (χ4n) is 3.93. The summed E-state index contributed by atoms with van der Waals surface area (Å²) in [4.78, 5) is 4.17. The zero-order valence-electron chi connectivity index (χ0n) is 17.6. The van der Waals surface area contributed by atoms with Crippen molar-refractivity contribution in [2.75, 3.05) is 12.4 Å². The van der Waals surface area contributed by atoms with Gasteiger partial charge in [-0.05, 0) is 64.5 Å². The molecule has 0 fully saturated rings. The zero-order valence-corrected chi connectivity index (χ0v) is 18.4. The molecule has 0 aliphatic carbocycles. The minimum atomic E-state index is 0.261. The molecule has 0 aliphatic heterocycles. The van der Waals surface area contributed by atoms with Gasteiger partial charge in [-0.1, -0.05) is 24.3 Å². The van der Waals surface area contributed by atoms with Crippen molar-refractivity contribution in [1.82, 2.24) is 4.98 Å². The Labute approximate surface area is 190 Å². The van der Waals surface area contributed by atoms with Gasteiger partial charge in [-0.2, -0.15) is 0 Å². The number of aromatic hydroxyl groups is 1. The average Bonchev–Trinajstić information content (AvgIpc) is 3.31. The highest BCUT2D eigenvalue weighted by atomic mass is 32.1. The number of phenolic OH excluding ortho intramolecular Hbond substituents is 1. The predicted octanol–water partition coefficient (Wildman–Crippen LogP) is 7.01. The van der Waals surface area contributed by atoms with E-state index in [1.54, 1.807) is 36.9 Å². The van der Waals surface area contributed by atoms with Crippen molar-refractivity contribution in [2.24, 2.45) is 0 Å². The van der Waals surface area contributed by atoms with E-state index < -0.39 is 0 Å². The highest BCUT2D eigenvalue weighted by Crippen LogP contribution is 2.40. The standard InChI is InChI=1S/C27H22N2O2S/c1-31-21-9-7-18(8-10-21)14-25-24(22-5-2-6-27-23(22)11-13-32-27)15-20(16-26(25)30)29-19-4-3-12-28-17-19/h2-13,15-17,29-30H,14H2,1H3. The third kappa shape index (κ3) is 4.03. The maximum absolute atomic E-state index is 11.1. The van der Waals surface area contributed by atoms with Crippen molar-refractivity contribution in [3.05, 3.63) is 102 Å². The second-order valence-electron chi connectivity index (χ2n) is 7.55. The number of methoxy groups -OCH3 is 1. The smallest absolute Gasteiger partial charge is 0.121 e. The summed E-state index contributed by atoms with van der Waals surface area (Å²) in [5, 5.41) is 17.8. The maximum Gasteiger partial charge on any atom is 0.121 e. The van der Waals surface area contributed by atoms with Crippen molar-refractivity contribution < 1.29 is 9.84 Å². The van der Waals surface area contributed by atoms with E-state index in [4.69, 9.17) is 4.74 Å². The molecule has 4 nitrogen and oxygen atoms in total.